The summed E-state index contributed by atoms with van der Waals surface area (Å²) in [4.78, 5) is 32.5. The monoisotopic (exact) mass is 472 g/mol. The molecule has 10 heteroatoms. The number of aliphatic imine (C=N–C) groups is 1. The van der Waals surface area contributed by atoms with Crippen LogP contribution in [0.5, 0.6) is 0 Å². The van der Waals surface area contributed by atoms with Gasteiger partial charge in [0.25, 0.3) is 10.0 Å². The molecule has 0 bridgehead atoms. The second kappa shape index (κ2) is 10.0. The van der Waals surface area contributed by atoms with E-state index in [9.17, 15) is 18.0 Å². The Hall–Kier alpha value is -3.40. The predicted octanol–water partition coefficient (Wildman–Crippen LogP) is 3.08. The standard InChI is InChI=1S/C23H28N4O5S/c1-23(2,3)32-22(29)27-16-14-26(15-17-27)20(18-10-6-4-7-11-18)24-21(28)25-33(30,31)19-12-8-5-9-13-19/h4-13H,14-17H2,1-3H3,(H,25,28)/b24-20+. The maximum atomic E-state index is 12.6. The Bertz CT molecular complexity index is 1100. The fourth-order valence-corrected chi connectivity index (χ4v) is 4.13. The lowest BCUT2D eigenvalue weighted by atomic mass is 10.1. The van der Waals surface area contributed by atoms with Crippen molar-refractivity contribution in [1.29, 1.82) is 0 Å². The zero-order chi connectivity index (χ0) is 24.1. The van der Waals surface area contributed by atoms with Crippen molar-refractivity contribution >= 4 is 28.0 Å². The first-order valence-corrected chi connectivity index (χ1v) is 12.0. The molecule has 0 unspecified atom stereocenters. The predicted molar refractivity (Wildman–Crippen MR) is 125 cm³/mol. The summed E-state index contributed by atoms with van der Waals surface area (Å²) >= 11 is 0. The Morgan fingerprint density at radius 1 is 0.879 bits per heavy atom. The third-order valence-corrected chi connectivity index (χ3v) is 6.08. The SMILES string of the molecule is CC(C)(C)OC(=O)N1CCN(/C(=N/C(=O)NS(=O)(=O)c2ccccc2)c2ccccc2)CC1. The zero-order valence-electron chi connectivity index (χ0n) is 18.9. The molecule has 33 heavy (non-hydrogen) atoms. The van der Waals surface area contributed by atoms with Gasteiger partial charge in [-0.25, -0.2) is 22.7 Å². The number of piperazine rings is 1. The lowest BCUT2D eigenvalue weighted by molar-refractivity contribution is 0.0187. The fourth-order valence-electron chi connectivity index (χ4n) is 3.22. The van der Waals surface area contributed by atoms with Gasteiger partial charge >= 0.3 is 12.1 Å². The molecule has 0 radical (unpaired) electrons. The first-order chi connectivity index (χ1) is 15.5. The summed E-state index contributed by atoms with van der Waals surface area (Å²) in [6.07, 6.45) is -0.396. The minimum absolute atomic E-state index is 0.0270. The third kappa shape index (κ3) is 6.79. The van der Waals surface area contributed by atoms with Crippen molar-refractivity contribution < 1.29 is 22.7 Å². The molecule has 2 aromatic rings. The van der Waals surface area contributed by atoms with Gasteiger partial charge in [0.2, 0.25) is 0 Å². The number of nitrogens with one attached hydrogen (secondary N) is 1. The molecule has 0 saturated carbocycles. The Balaban J connectivity index is 1.77. The summed E-state index contributed by atoms with van der Waals surface area (Å²) in [7, 11) is -4.05. The number of carbonyl (C=O) groups excluding carboxylic acids is 2. The third-order valence-electron chi connectivity index (χ3n) is 4.75. The average Bonchev–Trinajstić information content (AvgIpc) is 2.77. The van der Waals surface area contributed by atoms with Crippen LogP contribution in [0.25, 0.3) is 0 Å². The molecule has 0 aliphatic carbocycles. The number of carbonyl (C=O) groups is 2. The van der Waals surface area contributed by atoms with E-state index in [0.29, 0.717) is 37.6 Å². The van der Waals surface area contributed by atoms with Gasteiger partial charge in [-0.1, -0.05) is 48.5 Å². The Morgan fingerprint density at radius 2 is 1.39 bits per heavy atom. The molecule has 1 aliphatic rings. The highest BCUT2D eigenvalue weighted by Crippen LogP contribution is 2.15. The van der Waals surface area contributed by atoms with Crippen LogP contribution in [-0.4, -0.2) is 68.0 Å². The molecular formula is C23H28N4O5S. The molecule has 1 heterocycles. The van der Waals surface area contributed by atoms with Crippen LogP contribution < -0.4 is 4.72 Å². The number of sulfonamides is 1. The zero-order valence-corrected chi connectivity index (χ0v) is 19.7. The van der Waals surface area contributed by atoms with E-state index in [-0.39, 0.29) is 4.90 Å². The van der Waals surface area contributed by atoms with Crippen LogP contribution in [-0.2, 0) is 14.8 Å². The Labute approximate surface area is 194 Å². The van der Waals surface area contributed by atoms with Gasteiger partial charge in [0.05, 0.1) is 4.90 Å². The fraction of sp³-hybridized carbons (Fsp3) is 0.348. The summed E-state index contributed by atoms with van der Waals surface area (Å²) in [6.45, 7) is 7.00. The molecule has 1 saturated heterocycles. The van der Waals surface area contributed by atoms with Gasteiger partial charge in [-0.2, -0.15) is 4.99 Å². The van der Waals surface area contributed by atoms with Gasteiger partial charge in [0.15, 0.2) is 0 Å². The molecule has 0 aromatic heterocycles. The smallest absolute Gasteiger partial charge is 0.410 e. The minimum Gasteiger partial charge on any atom is -0.444 e. The molecule has 2 aromatic carbocycles. The highest BCUT2D eigenvalue weighted by atomic mass is 32.2. The maximum Gasteiger partial charge on any atom is 0.410 e. The van der Waals surface area contributed by atoms with Crippen LogP contribution in [0, 0.1) is 0 Å². The van der Waals surface area contributed by atoms with Crippen molar-refractivity contribution in [3.05, 3.63) is 66.2 Å². The second-order valence-electron chi connectivity index (χ2n) is 8.48. The lowest BCUT2D eigenvalue weighted by Crippen LogP contribution is -2.52. The Morgan fingerprint density at radius 3 is 1.94 bits per heavy atom. The lowest BCUT2D eigenvalue weighted by Gasteiger charge is -2.37. The number of amides is 3. The van der Waals surface area contributed by atoms with E-state index in [1.807, 2.05) is 36.5 Å². The maximum absolute atomic E-state index is 12.6. The van der Waals surface area contributed by atoms with Gasteiger partial charge in [0.1, 0.15) is 11.4 Å². The quantitative estimate of drug-likeness (QED) is 0.543. The summed E-state index contributed by atoms with van der Waals surface area (Å²) in [5.41, 5.74) is 0.0724. The number of hydrogen-bond donors (Lipinski definition) is 1. The number of ether oxygens (including phenoxy) is 1. The van der Waals surface area contributed by atoms with Crippen molar-refractivity contribution in [2.45, 2.75) is 31.3 Å². The van der Waals surface area contributed by atoms with Crippen LogP contribution in [0.4, 0.5) is 9.59 Å². The van der Waals surface area contributed by atoms with Gasteiger partial charge in [0, 0.05) is 31.7 Å². The topological polar surface area (TPSA) is 108 Å². The molecule has 9 nitrogen and oxygen atoms in total. The van der Waals surface area contributed by atoms with Crippen molar-refractivity contribution in [3.8, 4) is 0 Å². The second-order valence-corrected chi connectivity index (χ2v) is 10.2. The number of rotatable bonds is 3. The van der Waals surface area contributed by atoms with Crippen LogP contribution >= 0.6 is 0 Å². The van der Waals surface area contributed by atoms with E-state index < -0.39 is 27.7 Å². The van der Waals surface area contributed by atoms with Gasteiger partial charge in [-0.05, 0) is 32.9 Å². The summed E-state index contributed by atoms with van der Waals surface area (Å²) in [5, 5.41) is 0. The first kappa shape index (κ1) is 24.2. The van der Waals surface area contributed by atoms with E-state index in [2.05, 4.69) is 4.99 Å². The van der Waals surface area contributed by atoms with E-state index in [1.54, 1.807) is 47.4 Å². The van der Waals surface area contributed by atoms with E-state index in [4.69, 9.17) is 4.74 Å². The molecule has 0 spiro atoms. The van der Waals surface area contributed by atoms with Crippen molar-refractivity contribution in [2.75, 3.05) is 26.2 Å². The van der Waals surface area contributed by atoms with Crippen LogP contribution in [0.1, 0.15) is 26.3 Å². The van der Waals surface area contributed by atoms with Gasteiger partial charge in [-0.15, -0.1) is 0 Å². The average molecular weight is 473 g/mol. The molecule has 0 atom stereocenters. The van der Waals surface area contributed by atoms with E-state index >= 15 is 0 Å². The number of nitrogens with zero attached hydrogens (tertiary/aromatic N) is 3. The minimum atomic E-state index is -4.05. The number of benzene rings is 2. The van der Waals surface area contributed by atoms with Crippen LogP contribution in [0.2, 0.25) is 0 Å². The largest absolute Gasteiger partial charge is 0.444 e. The number of hydrogen-bond acceptors (Lipinski definition) is 5. The molecular weight excluding hydrogens is 444 g/mol. The highest BCUT2D eigenvalue weighted by molar-refractivity contribution is 7.90. The van der Waals surface area contributed by atoms with E-state index in [1.165, 1.54) is 12.1 Å². The van der Waals surface area contributed by atoms with Crippen molar-refractivity contribution in [2.24, 2.45) is 4.99 Å². The van der Waals surface area contributed by atoms with Crippen LogP contribution in [0.3, 0.4) is 0 Å². The molecule has 1 fully saturated rings. The molecule has 1 N–H and O–H groups in total. The highest BCUT2D eigenvalue weighted by Gasteiger charge is 2.28. The number of amidine groups is 1. The summed E-state index contributed by atoms with van der Waals surface area (Å²) in [6, 6.07) is 15.7. The van der Waals surface area contributed by atoms with Gasteiger partial charge < -0.3 is 14.5 Å². The van der Waals surface area contributed by atoms with Crippen LogP contribution in [0.15, 0.2) is 70.6 Å². The van der Waals surface area contributed by atoms with Gasteiger partial charge in [-0.3, -0.25) is 0 Å². The molecule has 3 rings (SSSR count). The molecule has 3 amide bonds. The van der Waals surface area contributed by atoms with E-state index in [0.717, 1.165) is 0 Å². The Kier molecular flexibility index (Phi) is 7.37. The summed E-state index contributed by atoms with van der Waals surface area (Å²) < 4.78 is 32.4. The first-order valence-electron chi connectivity index (χ1n) is 10.5. The molecule has 1 aliphatic heterocycles. The molecule has 176 valence electrons. The normalized spacial score (nSPS) is 15.2. The summed E-state index contributed by atoms with van der Waals surface area (Å²) in [5.74, 6) is 0.334. The van der Waals surface area contributed by atoms with Crippen molar-refractivity contribution in [3.63, 3.8) is 0 Å². The van der Waals surface area contributed by atoms with Crippen molar-refractivity contribution in [1.82, 2.24) is 14.5 Å². The number of urea groups is 1.